The molecule has 1 saturated heterocycles. The fraction of sp³-hybridized carbons (Fsp3) is 0.273. The van der Waals surface area contributed by atoms with Crippen molar-refractivity contribution in [1.82, 2.24) is 5.32 Å². The normalized spacial score (nSPS) is 18.2. The lowest BCUT2D eigenvalue weighted by Gasteiger charge is -2.17. The fourth-order valence-electron chi connectivity index (χ4n) is 1.65. The zero-order valence-corrected chi connectivity index (χ0v) is 11.9. The van der Waals surface area contributed by atoms with Crippen molar-refractivity contribution >= 4 is 45.2 Å². The van der Waals surface area contributed by atoms with E-state index in [-0.39, 0.29) is 15.2 Å². The van der Waals surface area contributed by atoms with Crippen molar-refractivity contribution in [3.05, 3.63) is 27.4 Å². The van der Waals surface area contributed by atoms with Crippen LogP contribution in [0, 0.1) is 5.82 Å². The van der Waals surface area contributed by atoms with Crippen LogP contribution >= 0.6 is 27.5 Å². The van der Waals surface area contributed by atoms with E-state index in [1.54, 1.807) is 13.8 Å². The van der Waals surface area contributed by atoms with Gasteiger partial charge in [0, 0.05) is 4.47 Å². The average molecular weight is 336 g/mol. The molecular formula is C11H9BrClFN2O2. The molecule has 0 atom stereocenters. The Bertz CT molecular complexity index is 562. The Morgan fingerprint density at radius 2 is 2.00 bits per heavy atom. The second-order valence-corrected chi connectivity index (χ2v) is 5.67. The molecule has 1 fully saturated rings. The van der Waals surface area contributed by atoms with Crippen LogP contribution in [0.4, 0.5) is 14.9 Å². The molecular weight excluding hydrogens is 326 g/mol. The molecule has 4 nitrogen and oxygen atoms in total. The number of urea groups is 1. The van der Waals surface area contributed by atoms with Crippen LogP contribution < -0.4 is 10.2 Å². The maximum Gasteiger partial charge on any atom is 0.329 e. The van der Waals surface area contributed by atoms with Crippen molar-refractivity contribution in [2.75, 3.05) is 4.90 Å². The third-order valence-electron chi connectivity index (χ3n) is 2.59. The van der Waals surface area contributed by atoms with E-state index in [4.69, 9.17) is 11.6 Å². The molecule has 3 amide bonds. The Morgan fingerprint density at radius 1 is 1.39 bits per heavy atom. The zero-order chi connectivity index (χ0) is 13.7. The summed E-state index contributed by atoms with van der Waals surface area (Å²) in [5, 5.41) is 2.38. The molecule has 2 rings (SSSR count). The van der Waals surface area contributed by atoms with Crippen LogP contribution in [0.15, 0.2) is 16.6 Å². The molecule has 1 aliphatic heterocycles. The molecule has 1 aromatic carbocycles. The summed E-state index contributed by atoms with van der Waals surface area (Å²) < 4.78 is 13.5. The lowest BCUT2D eigenvalue weighted by atomic mass is 10.1. The van der Waals surface area contributed by atoms with Gasteiger partial charge in [-0.05, 0) is 41.9 Å². The van der Waals surface area contributed by atoms with E-state index in [0.29, 0.717) is 0 Å². The number of hydrogen-bond acceptors (Lipinski definition) is 2. The first-order chi connectivity index (χ1) is 8.24. The predicted molar refractivity (Wildman–Crippen MR) is 69.2 cm³/mol. The maximum absolute atomic E-state index is 13.2. The molecule has 0 saturated carbocycles. The number of hydrogen-bond donors (Lipinski definition) is 1. The van der Waals surface area contributed by atoms with Crippen LogP contribution in [-0.2, 0) is 4.79 Å². The van der Waals surface area contributed by atoms with Crippen molar-refractivity contribution in [2.24, 2.45) is 0 Å². The molecule has 1 aliphatic rings. The number of carbonyl (C=O) groups is 2. The van der Waals surface area contributed by atoms with E-state index in [2.05, 4.69) is 21.2 Å². The maximum atomic E-state index is 13.2. The summed E-state index contributed by atoms with van der Waals surface area (Å²) in [5.74, 6) is -1.05. The highest BCUT2D eigenvalue weighted by molar-refractivity contribution is 9.10. The van der Waals surface area contributed by atoms with Crippen LogP contribution in [0.3, 0.4) is 0 Å². The minimum atomic E-state index is -0.989. The van der Waals surface area contributed by atoms with E-state index in [9.17, 15) is 14.0 Å². The summed E-state index contributed by atoms with van der Waals surface area (Å²) in [6.45, 7) is 3.18. The summed E-state index contributed by atoms with van der Waals surface area (Å²) in [4.78, 5) is 24.8. The lowest BCUT2D eigenvalue weighted by Crippen LogP contribution is -2.40. The van der Waals surface area contributed by atoms with Gasteiger partial charge in [-0.25, -0.2) is 14.1 Å². The van der Waals surface area contributed by atoms with Gasteiger partial charge < -0.3 is 5.32 Å². The predicted octanol–water partition coefficient (Wildman–Crippen LogP) is 3.08. The van der Waals surface area contributed by atoms with Crippen molar-refractivity contribution in [2.45, 2.75) is 19.4 Å². The number of imide groups is 1. The number of amides is 3. The van der Waals surface area contributed by atoms with Crippen LogP contribution in [0.25, 0.3) is 0 Å². The number of nitrogens with zero attached hydrogens (tertiary/aromatic N) is 1. The van der Waals surface area contributed by atoms with E-state index in [0.717, 1.165) is 11.0 Å². The second-order valence-electron chi connectivity index (χ2n) is 4.41. The van der Waals surface area contributed by atoms with E-state index in [1.807, 2.05) is 0 Å². The van der Waals surface area contributed by atoms with Crippen LogP contribution in [-0.4, -0.2) is 17.5 Å². The van der Waals surface area contributed by atoms with Gasteiger partial charge >= 0.3 is 6.03 Å². The first-order valence-corrected chi connectivity index (χ1v) is 6.22. The standard InChI is InChI=1S/C11H9BrClFN2O2/c1-11(2)9(17)16(10(18)15-11)8-4-6(13)7(14)3-5(8)12/h3-4H,1-2H3,(H,15,18). The van der Waals surface area contributed by atoms with Gasteiger partial charge in [0.2, 0.25) is 0 Å². The van der Waals surface area contributed by atoms with Gasteiger partial charge in [-0.3, -0.25) is 4.79 Å². The number of rotatable bonds is 1. The van der Waals surface area contributed by atoms with Gasteiger partial charge in [-0.15, -0.1) is 0 Å². The summed E-state index contributed by atoms with van der Waals surface area (Å²) in [5.41, 5.74) is -0.772. The van der Waals surface area contributed by atoms with Gasteiger partial charge in [0.15, 0.2) is 0 Å². The molecule has 1 heterocycles. The van der Waals surface area contributed by atoms with Crippen LogP contribution in [0.2, 0.25) is 5.02 Å². The van der Waals surface area contributed by atoms with Gasteiger partial charge in [-0.2, -0.15) is 0 Å². The minimum Gasteiger partial charge on any atom is -0.323 e. The molecule has 0 spiro atoms. The molecule has 1 N–H and O–H groups in total. The van der Waals surface area contributed by atoms with E-state index < -0.39 is 23.3 Å². The average Bonchev–Trinajstić information content (AvgIpc) is 2.43. The minimum absolute atomic E-state index is 0.154. The highest BCUT2D eigenvalue weighted by Crippen LogP contribution is 2.34. The smallest absolute Gasteiger partial charge is 0.323 e. The molecule has 1 aromatic rings. The summed E-state index contributed by atoms with van der Waals surface area (Å²) >= 11 is 8.78. The summed E-state index contributed by atoms with van der Waals surface area (Å²) in [6.07, 6.45) is 0. The van der Waals surface area contributed by atoms with Crippen molar-refractivity contribution in [3.8, 4) is 0 Å². The Labute approximate surface area is 116 Å². The highest BCUT2D eigenvalue weighted by atomic mass is 79.9. The monoisotopic (exact) mass is 334 g/mol. The summed E-state index contributed by atoms with van der Waals surface area (Å²) in [6, 6.07) is 1.79. The van der Waals surface area contributed by atoms with Crippen molar-refractivity contribution in [3.63, 3.8) is 0 Å². The molecule has 0 bridgehead atoms. The SMILES string of the molecule is CC1(C)NC(=O)N(c2cc(Cl)c(F)cc2Br)C1=O. The first-order valence-electron chi connectivity index (χ1n) is 5.05. The Balaban J connectivity index is 2.53. The topological polar surface area (TPSA) is 49.4 Å². The van der Waals surface area contributed by atoms with Crippen LogP contribution in [0.1, 0.15) is 13.8 Å². The number of anilines is 1. The fourth-order valence-corrected chi connectivity index (χ4v) is 2.30. The van der Waals surface area contributed by atoms with Gasteiger partial charge in [0.25, 0.3) is 5.91 Å². The third kappa shape index (κ3) is 1.99. The number of nitrogens with one attached hydrogen (secondary N) is 1. The molecule has 0 aromatic heterocycles. The molecule has 7 heteroatoms. The molecule has 18 heavy (non-hydrogen) atoms. The van der Waals surface area contributed by atoms with Crippen LogP contribution in [0.5, 0.6) is 0 Å². The highest BCUT2D eigenvalue weighted by Gasteiger charge is 2.45. The Morgan fingerprint density at radius 3 is 2.50 bits per heavy atom. The third-order valence-corrected chi connectivity index (χ3v) is 3.52. The van der Waals surface area contributed by atoms with Gasteiger partial charge in [-0.1, -0.05) is 11.6 Å². The van der Waals surface area contributed by atoms with E-state index >= 15 is 0 Å². The van der Waals surface area contributed by atoms with Gasteiger partial charge in [0.05, 0.1) is 10.7 Å². The molecule has 0 unspecified atom stereocenters. The Hall–Kier alpha value is -1.14. The van der Waals surface area contributed by atoms with Crippen molar-refractivity contribution < 1.29 is 14.0 Å². The molecule has 0 radical (unpaired) electrons. The number of benzene rings is 1. The Kier molecular flexibility index (Phi) is 3.11. The first kappa shape index (κ1) is 13.3. The van der Waals surface area contributed by atoms with Gasteiger partial charge in [0.1, 0.15) is 11.4 Å². The van der Waals surface area contributed by atoms with E-state index in [1.165, 1.54) is 6.07 Å². The number of halogens is 3. The quantitative estimate of drug-likeness (QED) is 0.633. The van der Waals surface area contributed by atoms with Crippen molar-refractivity contribution in [1.29, 1.82) is 0 Å². The lowest BCUT2D eigenvalue weighted by molar-refractivity contribution is -0.121. The summed E-state index contributed by atoms with van der Waals surface area (Å²) in [7, 11) is 0. The number of carbonyl (C=O) groups excluding carboxylic acids is 2. The zero-order valence-electron chi connectivity index (χ0n) is 9.55. The largest absolute Gasteiger partial charge is 0.329 e. The second kappa shape index (κ2) is 4.20. The molecule has 96 valence electrons. The molecule has 0 aliphatic carbocycles.